The highest BCUT2D eigenvalue weighted by atomic mass is 16.2. The van der Waals surface area contributed by atoms with Crippen LogP contribution in [0.2, 0.25) is 0 Å². The largest absolute Gasteiger partial charge is 0.339 e. The van der Waals surface area contributed by atoms with Crippen molar-refractivity contribution in [1.29, 1.82) is 0 Å². The molecule has 3 saturated heterocycles. The Morgan fingerprint density at radius 1 is 1.22 bits per heavy atom. The van der Waals surface area contributed by atoms with Crippen LogP contribution in [0.15, 0.2) is 36.4 Å². The van der Waals surface area contributed by atoms with Crippen LogP contribution < -0.4 is 5.32 Å². The number of likely N-dealkylation sites (tertiary alicyclic amines) is 2. The summed E-state index contributed by atoms with van der Waals surface area (Å²) in [5.41, 5.74) is 2.02. The molecule has 27 heavy (non-hydrogen) atoms. The number of piperidine rings is 1. The van der Waals surface area contributed by atoms with Gasteiger partial charge >= 0.3 is 0 Å². The summed E-state index contributed by atoms with van der Waals surface area (Å²) in [7, 11) is 0. The average molecular weight is 367 g/mol. The van der Waals surface area contributed by atoms with E-state index in [-0.39, 0.29) is 17.9 Å². The number of carbonyl (C=O) groups is 2. The van der Waals surface area contributed by atoms with Crippen molar-refractivity contribution < 1.29 is 9.59 Å². The summed E-state index contributed by atoms with van der Waals surface area (Å²) < 4.78 is 0. The number of hydrogen-bond donors (Lipinski definition) is 1. The molecule has 0 aromatic heterocycles. The van der Waals surface area contributed by atoms with Crippen molar-refractivity contribution >= 4 is 11.8 Å². The van der Waals surface area contributed by atoms with Gasteiger partial charge in [0.2, 0.25) is 5.91 Å². The van der Waals surface area contributed by atoms with Gasteiger partial charge in [-0.3, -0.25) is 9.59 Å². The third kappa shape index (κ3) is 3.53. The minimum absolute atomic E-state index is 0.0695. The van der Waals surface area contributed by atoms with Gasteiger partial charge in [0.1, 0.15) is 0 Å². The van der Waals surface area contributed by atoms with E-state index in [4.69, 9.17) is 0 Å². The highest BCUT2D eigenvalue weighted by Crippen LogP contribution is 2.38. The van der Waals surface area contributed by atoms with Gasteiger partial charge in [0, 0.05) is 37.7 Å². The van der Waals surface area contributed by atoms with Crippen LogP contribution in [-0.2, 0) is 4.79 Å². The molecule has 3 aliphatic heterocycles. The van der Waals surface area contributed by atoms with Crippen molar-refractivity contribution in [2.75, 3.05) is 32.7 Å². The van der Waals surface area contributed by atoms with Crippen molar-refractivity contribution in [2.45, 2.75) is 38.1 Å². The van der Waals surface area contributed by atoms with Crippen LogP contribution in [-0.4, -0.2) is 60.4 Å². The molecule has 1 N–H and O–H groups in total. The Morgan fingerprint density at radius 3 is 2.67 bits per heavy atom. The monoisotopic (exact) mass is 367 g/mol. The van der Waals surface area contributed by atoms with E-state index in [1.54, 1.807) is 0 Å². The molecule has 0 spiro atoms. The fraction of sp³-hybridized carbons (Fsp3) is 0.545. The lowest BCUT2D eigenvalue weighted by Crippen LogP contribution is -2.54. The number of hydrogen-bond acceptors (Lipinski definition) is 3. The van der Waals surface area contributed by atoms with Gasteiger partial charge in [-0.05, 0) is 56.3 Å². The van der Waals surface area contributed by atoms with Crippen LogP contribution in [0.5, 0.6) is 0 Å². The fourth-order valence-corrected chi connectivity index (χ4v) is 4.81. The number of fused-ring (bicyclic) bond motifs is 1. The van der Waals surface area contributed by atoms with Crippen molar-refractivity contribution in [3.63, 3.8) is 0 Å². The molecule has 4 rings (SSSR count). The number of amides is 2. The molecule has 0 aliphatic carbocycles. The minimum atomic E-state index is -0.0695. The molecule has 0 radical (unpaired) electrons. The second-order valence-corrected chi connectivity index (χ2v) is 7.92. The number of carbonyl (C=O) groups excluding carboxylic acids is 2. The van der Waals surface area contributed by atoms with E-state index >= 15 is 0 Å². The molecule has 3 unspecified atom stereocenters. The quantitative estimate of drug-likeness (QED) is 0.832. The van der Waals surface area contributed by atoms with E-state index in [9.17, 15) is 9.59 Å². The number of rotatable bonds is 4. The molecular formula is C22H29N3O2. The van der Waals surface area contributed by atoms with Gasteiger partial charge in [-0.1, -0.05) is 24.3 Å². The summed E-state index contributed by atoms with van der Waals surface area (Å²) in [6.07, 6.45) is 7.29. The lowest BCUT2D eigenvalue weighted by atomic mass is 9.77. The number of nitrogens with one attached hydrogen (secondary N) is 1. The second-order valence-electron chi connectivity index (χ2n) is 7.92. The highest BCUT2D eigenvalue weighted by Gasteiger charge is 2.45. The lowest BCUT2D eigenvalue weighted by molar-refractivity contribution is -0.137. The molecule has 5 nitrogen and oxygen atoms in total. The molecule has 3 fully saturated rings. The van der Waals surface area contributed by atoms with Crippen LogP contribution in [0.3, 0.4) is 0 Å². The topological polar surface area (TPSA) is 52.7 Å². The predicted octanol–water partition coefficient (Wildman–Crippen LogP) is 2.40. The van der Waals surface area contributed by atoms with Gasteiger partial charge in [-0.15, -0.1) is 0 Å². The normalized spacial score (nSPS) is 28.2. The number of nitrogens with zero attached hydrogens (tertiary/aromatic N) is 2. The fourth-order valence-electron chi connectivity index (χ4n) is 4.81. The number of benzene rings is 1. The molecule has 1 aromatic carbocycles. The lowest BCUT2D eigenvalue weighted by Gasteiger charge is -2.40. The van der Waals surface area contributed by atoms with Crippen LogP contribution in [0, 0.1) is 5.92 Å². The first-order chi connectivity index (χ1) is 13.2. The molecule has 0 bridgehead atoms. The molecule has 5 heteroatoms. The highest BCUT2D eigenvalue weighted by molar-refractivity contribution is 5.94. The van der Waals surface area contributed by atoms with Gasteiger partial charge in [-0.2, -0.15) is 0 Å². The first kappa shape index (κ1) is 18.2. The Hall–Kier alpha value is -2.14. The van der Waals surface area contributed by atoms with E-state index in [1.807, 2.05) is 41.0 Å². The molecule has 1 aromatic rings. The van der Waals surface area contributed by atoms with Gasteiger partial charge in [-0.25, -0.2) is 0 Å². The van der Waals surface area contributed by atoms with Crippen molar-refractivity contribution in [2.24, 2.45) is 5.92 Å². The molecule has 144 valence electrons. The van der Waals surface area contributed by atoms with Gasteiger partial charge in [0.05, 0.1) is 6.04 Å². The Kier molecular flexibility index (Phi) is 5.30. The molecular weight excluding hydrogens is 338 g/mol. The molecule has 3 aliphatic rings. The van der Waals surface area contributed by atoms with Gasteiger partial charge < -0.3 is 15.1 Å². The maximum absolute atomic E-state index is 12.8. The Labute approximate surface area is 161 Å². The average Bonchev–Trinajstić information content (AvgIpc) is 3.39. The van der Waals surface area contributed by atoms with Gasteiger partial charge in [0.25, 0.3) is 5.91 Å². The predicted molar refractivity (Wildman–Crippen MR) is 106 cm³/mol. The summed E-state index contributed by atoms with van der Waals surface area (Å²) in [5.74, 6) is 1.05. The van der Waals surface area contributed by atoms with E-state index in [1.165, 1.54) is 5.56 Å². The number of allylic oxidation sites excluding steroid dienone is 1. The molecule has 3 atom stereocenters. The SMILES string of the molecule is CC=CCN1CC(c2ccc(C(=O)N3CCCC3)cc2)C2CCNC2C1=O. The standard InChI is InChI=1S/C22H29N3O2/c1-2-3-12-25-15-19(18-10-11-23-20(18)22(25)27)16-6-8-17(9-7-16)21(26)24-13-4-5-14-24/h2-3,6-9,18-20,23H,4-5,10-15H2,1H3. The maximum atomic E-state index is 12.8. The van der Waals surface area contributed by atoms with Crippen molar-refractivity contribution in [1.82, 2.24) is 15.1 Å². The summed E-state index contributed by atoms with van der Waals surface area (Å²) in [4.78, 5) is 29.3. The summed E-state index contributed by atoms with van der Waals surface area (Å²) in [5, 5.41) is 3.41. The van der Waals surface area contributed by atoms with Crippen molar-refractivity contribution in [3.8, 4) is 0 Å². The van der Waals surface area contributed by atoms with Gasteiger partial charge in [0.15, 0.2) is 0 Å². The van der Waals surface area contributed by atoms with E-state index in [2.05, 4.69) is 17.4 Å². The Balaban J connectivity index is 1.53. The summed E-state index contributed by atoms with van der Waals surface area (Å²) in [6, 6.07) is 8.08. The third-order valence-corrected chi connectivity index (χ3v) is 6.32. The summed E-state index contributed by atoms with van der Waals surface area (Å²) in [6.45, 7) is 6.06. The Morgan fingerprint density at radius 2 is 1.96 bits per heavy atom. The maximum Gasteiger partial charge on any atom is 0.253 e. The van der Waals surface area contributed by atoms with E-state index in [0.717, 1.165) is 51.0 Å². The smallest absolute Gasteiger partial charge is 0.253 e. The zero-order valence-corrected chi connectivity index (χ0v) is 16.1. The second kappa shape index (κ2) is 7.85. The zero-order chi connectivity index (χ0) is 18.8. The van der Waals surface area contributed by atoms with Crippen molar-refractivity contribution in [3.05, 3.63) is 47.5 Å². The van der Waals surface area contributed by atoms with E-state index < -0.39 is 0 Å². The molecule has 0 saturated carbocycles. The van der Waals surface area contributed by atoms with E-state index in [0.29, 0.717) is 18.4 Å². The summed E-state index contributed by atoms with van der Waals surface area (Å²) >= 11 is 0. The van der Waals surface area contributed by atoms with Crippen LogP contribution in [0.4, 0.5) is 0 Å². The Bertz CT molecular complexity index is 722. The van der Waals surface area contributed by atoms with Crippen LogP contribution in [0.25, 0.3) is 0 Å². The zero-order valence-electron chi connectivity index (χ0n) is 16.1. The first-order valence-corrected chi connectivity index (χ1v) is 10.2. The molecule has 2 amide bonds. The first-order valence-electron chi connectivity index (χ1n) is 10.2. The minimum Gasteiger partial charge on any atom is -0.339 e. The van der Waals surface area contributed by atoms with Crippen LogP contribution in [0.1, 0.15) is 48.0 Å². The van der Waals surface area contributed by atoms with Crippen LogP contribution >= 0.6 is 0 Å². The molecule has 3 heterocycles. The third-order valence-electron chi connectivity index (χ3n) is 6.32.